The summed E-state index contributed by atoms with van der Waals surface area (Å²) in [5.74, 6) is 0.771. The van der Waals surface area contributed by atoms with Crippen LogP contribution in [-0.4, -0.2) is 95.2 Å². The van der Waals surface area contributed by atoms with Crippen LogP contribution in [-0.2, 0) is 19.8 Å². The normalized spacial score (nSPS) is 21.9. The van der Waals surface area contributed by atoms with Gasteiger partial charge in [0.2, 0.25) is 17.7 Å². The molecule has 9 rings (SSSR count). The van der Waals surface area contributed by atoms with Crippen LogP contribution in [0.4, 0.5) is 5.69 Å². The van der Waals surface area contributed by atoms with Crippen molar-refractivity contribution in [1.29, 1.82) is 0 Å². The van der Waals surface area contributed by atoms with Gasteiger partial charge < -0.3 is 24.5 Å². The molecule has 1 saturated carbocycles. The van der Waals surface area contributed by atoms with E-state index in [9.17, 15) is 19.5 Å². The highest BCUT2D eigenvalue weighted by atomic mass is 16.5. The van der Waals surface area contributed by atoms with Gasteiger partial charge in [-0.1, -0.05) is 61.0 Å². The van der Waals surface area contributed by atoms with Crippen LogP contribution in [0.1, 0.15) is 74.8 Å². The summed E-state index contributed by atoms with van der Waals surface area (Å²) in [6.45, 7) is 5.47. The van der Waals surface area contributed by atoms with Crippen LogP contribution in [0.5, 0.6) is 11.5 Å². The molecule has 4 aliphatic heterocycles. The molecule has 11 heteroatoms. The van der Waals surface area contributed by atoms with Crippen molar-refractivity contribution in [3.05, 3.63) is 102 Å². The van der Waals surface area contributed by atoms with Gasteiger partial charge in [0.05, 0.1) is 35.0 Å². The third-order valence-electron chi connectivity index (χ3n) is 12.5. The Labute approximate surface area is 329 Å². The number of aromatic nitrogens is 2. The SMILES string of the molecule is CN1CC2(C1)CN(C(=O)C1(c3ccccc3)CCN(c3cnnc(-c4ccccc4O)c3)CC1)C2.O=C1CCC(c2ccc(OC3CCCCC3)cc2)C(=O)N1. The zero-order valence-corrected chi connectivity index (χ0v) is 32.2. The molecule has 292 valence electrons. The molecule has 5 heterocycles. The molecule has 1 spiro atoms. The maximum absolute atomic E-state index is 14.0. The number of benzene rings is 3. The number of nitrogens with one attached hydrogen (secondary N) is 1. The summed E-state index contributed by atoms with van der Waals surface area (Å²) >= 11 is 0. The average Bonchev–Trinajstić information content (AvgIpc) is 3.20. The van der Waals surface area contributed by atoms with Gasteiger partial charge in [-0.05, 0) is 93.5 Å². The highest BCUT2D eigenvalue weighted by Crippen LogP contribution is 2.45. The number of phenols is 1. The molecule has 56 heavy (non-hydrogen) atoms. The van der Waals surface area contributed by atoms with Crippen molar-refractivity contribution in [1.82, 2.24) is 25.3 Å². The molecule has 5 aliphatic rings. The van der Waals surface area contributed by atoms with Gasteiger partial charge in [-0.3, -0.25) is 19.7 Å². The fourth-order valence-corrected chi connectivity index (χ4v) is 9.56. The van der Waals surface area contributed by atoms with E-state index in [1.165, 1.54) is 19.3 Å². The van der Waals surface area contributed by atoms with Gasteiger partial charge in [-0.25, -0.2) is 0 Å². The first-order valence-electron chi connectivity index (χ1n) is 20.2. The molecule has 0 bridgehead atoms. The Morgan fingerprint density at radius 2 is 1.55 bits per heavy atom. The number of nitrogens with zero attached hydrogens (tertiary/aromatic N) is 5. The molecule has 3 amide bonds. The van der Waals surface area contributed by atoms with Crippen LogP contribution in [0.25, 0.3) is 11.3 Å². The molecule has 0 radical (unpaired) electrons. The van der Waals surface area contributed by atoms with Gasteiger partial charge in [0.25, 0.3) is 0 Å². The number of carbonyl (C=O) groups is 3. The Kier molecular flexibility index (Phi) is 10.8. The molecule has 2 N–H and O–H groups in total. The molecular formula is C45H52N6O5. The number of aromatic hydroxyl groups is 1. The molecule has 11 nitrogen and oxygen atoms in total. The molecule has 1 aliphatic carbocycles. The van der Waals surface area contributed by atoms with Gasteiger partial charge in [-0.15, -0.1) is 0 Å². The maximum atomic E-state index is 14.0. The quantitative estimate of drug-likeness (QED) is 0.216. The molecule has 1 aromatic heterocycles. The van der Waals surface area contributed by atoms with Crippen LogP contribution >= 0.6 is 0 Å². The standard InChI is InChI=1S/C28H31N5O2.C17H21NO3/c1-31-17-27(18-31)19-33(20-27)26(35)28(21-7-3-2-4-8-21)11-13-32(14-12-28)22-15-24(30-29-16-22)23-9-5-6-10-25(23)34;19-16-11-10-15(17(20)18-16)12-6-8-14(9-7-12)21-13-4-2-1-3-5-13/h2-10,15-16,34H,11-14,17-20H2,1H3;6-9,13,15H,1-5,10-11H2,(H,18,19,20). The Hall–Kier alpha value is -5.29. The number of piperidine rings is 2. The van der Waals surface area contributed by atoms with Gasteiger partial charge in [0.1, 0.15) is 11.5 Å². The smallest absolute Gasteiger partial charge is 0.234 e. The number of amides is 3. The van der Waals surface area contributed by atoms with E-state index in [2.05, 4.69) is 49.4 Å². The number of hydrogen-bond acceptors (Lipinski definition) is 9. The number of carbonyl (C=O) groups excluding carboxylic acids is 3. The van der Waals surface area contributed by atoms with Crippen molar-refractivity contribution >= 4 is 23.4 Å². The molecule has 1 atom stereocenters. The lowest BCUT2D eigenvalue weighted by molar-refractivity contribution is -0.163. The topological polar surface area (TPSA) is 128 Å². The van der Waals surface area contributed by atoms with E-state index in [1.807, 2.05) is 60.7 Å². The number of hydrogen-bond donors (Lipinski definition) is 2. The van der Waals surface area contributed by atoms with Crippen molar-refractivity contribution in [2.45, 2.75) is 75.2 Å². The molecule has 3 aromatic carbocycles. The van der Waals surface area contributed by atoms with E-state index >= 15 is 0 Å². The fraction of sp³-hybridized carbons (Fsp3) is 0.444. The second kappa shape index (κ2) is 16.1. The largest absolute Gasteiger partial charge is 0.507 e. The van der Waals surface area contributed by atoms with E-state index < -0.39 is 5.41 Å². The minimum Gasteiger partial charge on any atom is -0.507 e. The molecule has 5 fully saturated rings. The summed E-state index contributed by atoms with van der Waals surface area (Å²) in [5.41, 5.74) is 4.19. The lowest BCUT2D eigenvalue weighted by Gasteiger charge is -2.61. The maximum Gasteiger partial charge on any atom is 0.234 e. The molecular weight excluding hydrogens is 705 g/mol. The Morgan fingerprint density at radius 1 is 0.857 bits per heavy atom. The highest BCUT2D eigenvalue weighted by Gasteiger charge is 2.56. The van der Waals surface area contributed by atoms with Crippen LogP contribution in [0.2, 0.25) is 0 Å². The zero-order chi connectivity index (χ0) is 38.7. The number of phenolic OH excluding ortho intramolecular Hbond substituents is 1. The van der Waals surface area contributed by atoms with Crippen molar-refractivity contribution in [3.8, 4) is 22.8 Å². The summed E-state index contributed by atoms with van der Waals surface area (Å²) < 4.78 is 5.99. The summed E-state index contributed by atoms with van der Waals surface area (Å²) in [7, 11) is 2.15. The number of imide groups is 1. The number of ether oxygens (including phenoxy) is 1. The van der Waals surface area contributed by atoms with Crippen LogP contribution < -0.4 is 15.0 Å². The monoisotopic (exact) mass is 756 g/mol. The second-order valence-corrected chi connectivity index (χ2v) is 16.5. The van der Waals surface area contributed by atoms with Crippen molar-refractivity contribution < 1.29 is 24.2 Å². The van der Waals surface area contributed by atoms with Crippen molar-refractivity contribution in [2.75, 3.05) is 51.2 Å². The minimum absolute atomic E-state index is 0.173. The van der Waals surface area contributed by atoms with Gasteiger partial charge in [0, 0.05) is 56.7 Å². The number of likely N-dealkylation sites (tertiary alicyclic amines) is 2. The predicted molar refractivity (Wildman–Crippen MR) is 214 cm³/mol. The second-order valence-electron chi connectivity index (χ2n) is 16.5. The molecule has 4 aromatic rings. The van der Waals surface area contributed by atoms with Crippen LogP contribution in [0.3, 0.4) is 0 Å². The van der Waals surface area contributed by atoms with E-state index in [-0.39, 0.29) is 29.4 Å². The van der Waals surface area contributed by atoms with E-state index in [0.717, 1.165) is 87.5 Å². The average molecular weight is 757 g/mol. The Bertz CT molecular complexity index is 2010. The van der Waals surface area contributed by atoms with Crippen LogP contribution in [0.15, 0.2) is 91.1 Å². The fourth-order valence-electron chi connectivity index (χ4n) is 9.56. The summed E-state index contributed by atoms with van der Waals surface area (Å²) in [5, 5.41) is 21.1. The zero-order valence-electron chi connectivity index (χ0n) is 32.2. The van der Waals surface area contributed by atoms with Gasteiger partial charge in [0.15, 0.2) is 0 Å². The molecule has 1 unspecified atom stereocenters. The third kappa shape index (κ3) is 7.87. The van der Waals surface area contributed by atoms with Crippen molar-refractivity contribution in [3.63, 3.8) is 0 Å². The van der Waals surface area contributed by atoms with Crippen LogP contribution in [0, 0.1) is 5.41 Å². The summed E-state index contributed by atoms with van der Waals surface area (Å²) in [4.78, 5) is 43.7. The minimum atomic E-state index is -0.490. The van der Waals surface area contributed by atoms with Gasteiger partial charge >= 0.3 is 0 Å². The number of anilines is 1. The first-order chi connectivity index (χ1) is 27.2. The lowest BCUT2D eigenvalue weighted by atomic mass is 9.67. The number of para-hydroxylation sites is 1. The van der Waals surface area contributed by atoms with E-state index in [0.29, 0.717) is 35.6 Å². The molecule has 4 saturated heterocycles. The number of rotatable bonds is 7. The van der Waals surface area contributed by atoms with E-state index in [4.69, 9.17) is 4.74 Å². The Balaban J connectivity index is 0.000000179. The first kappa shape index (κ1) is 37.6. The summed E-state index contributed by atoms with van der Waals surface area (Å²) in [6.07, 6.45) is 10.7. The predicted octanol–water partition coefficient (Wildman–Crippen LogP) is 6.08. The third-order valence-corrected chi connectivity index (χ3v) is 12.5. The highest BCUT2D eigenvalue weighted by molar-refractivity contribution is 6.01. The van der Waals surface area contributed by atoms with Crippen molar-refractivity contribution in [2.24, 2.45) is 5.41 Å². The first-order valence-corrected chi connectivity index (χ1v) is 20.2. The lowest BCUT2D eigenvalue weighted by Crippen LogP contribution is -2.73. The van der Waals surface area contributed by atoms with Gasteiger partial charge in [-0.2, -0.15) is 10.2 Å². The Morgan fingerprint density at radius 3 is 2.23 bits per heavy atom. The summed E-state index contributed by atoms with van der Waals surface area (Å²) in [6, 6.07) is 27.3. The van der Waals surface area contributed by atoms with E-state index in [1.54, 1.807) is 18.3 Å².